The number of hydrogen-bond donors (Lipinski definition) is 7. The summed E-state index contributed by atoms with van der Waals surface area (Å²) >= 11 is 0. The first-order valence-electron chi connectivity index (χ1n) is 24.9. The van der Waals surface area contributed by atoms with Crippen molar-refractivity contribution in [2.24, 2.45) is 0 Å². The molecule has 0 spiro atoms. The SMILES string of the molecule is CC/C=C\C/C=C\C/C=C\CCCCCCCCCCOCC(COC1OC(COC2OC(CO)C(O)C(O)C2O)C(O)C(O)C1O)OC(=O)CCCCCCC/C=C\C/C=C\CCC. The van der Waals surface area contributed by atoms with Gasteiger partial charge in [-0.25, -0.2) is 0 Å². The number of aliphatic hydroxyl groups is 7. The number of hydrogen-bond acceptors (Lipinski definition) is 14. The van der Waals surface area contributed by atoms with Crippen LogP contribution in [0.5, 0.6) is 0 Å². The first-order chi connectivity index (χ1) is 31.6. The highest BCUT2D eigenvalue weighted by Gasteiger charge is 2.47. The third kappa shape index (κ3) is 26.7. The number of aliphatic hydroxyl groups excluding tert-OH is 7. The molecule has 0 aromatic rings. The molecule has 65 heavy (non-hydrogen) atoms. The second kappa shape index (κ2) is 38.6. The van der Waals surface area contributed by atoms with E-state index in [1.54, 1.807) is 0 Å². The van der Waals surface area contributed by atoms with Gasteiger partial charge in [-0.15, -0.1) is 0 Å². The highest BCUT2D eigenvalue weighted by molar-refractivity contribution is 5.69. The minimum Gasteiger partial charge on any atom is -0.457 e. The van der Waals surface area contributed by atoms with Crippen molar-refractivity contribution in [2.75, 3.05) is 33.0 Å². The van der Waals surface area contributed by atoms with Crippen molar-refractivity contribution < 1.29 is 69.0 Å². The Kier molecular flexibility index (Phi) is 35.0. The van der Waals surface area contributed by atoms with E-state index in [1.165, 1.54) is 32.1 Å². The molecule has 2 heterocycles. The molecule has 0 amide bonds. The van der Waals surface area contributed by atoms with Gasteiger partial charge in [-0.1, -0.05) is 139 Å². The molecule has 0 aliphatic carbocycles. The van der Waals surface area contributed by atoms with Crippen LogP contribution in [0.1, 0.15) is 155 Å². The number of ether oxygens (including phenoxy) is 6. The largest absolute Gasteiger partial charge is 0.457 e. The predicted octanol–water partition coefficient (Wildman–Crippen LogP) is 6.96. The van der Waals surface area contributed by atoms with Gasteiger partial charge in [0.1, 0.15) is 54.9 Å². The van der Waals surface area contributed by atoms with Gasteiger partial charge in [-0.2, -0.15) is 0 Å². The molecule has 0 aromatic carbocycles. The molecular formula is C51H88O14. The molecule has 376 valence electrons. The Morgan fingerprint density at radius 1 is 0.523 bits per heavy atom. The van der Waals surface area contributed by atoms with Gasteiger partial charge >= 0.3 is 5.97 Å². The summed E-state index contributed by atoms with van der Waals surface area (Å²) in [6.45, 7) is 3.46. The minimum atomic E-state index is -1.71. The summed E-state index contributed by atoms with van der Waals surface area (Å²) in [5, 5.41) is 72.1. The summed E-state index contributed by atoms with van der Waals surface area (Å²) < 4.78 is 34.2. The number of allylic oxidation sites excluding steroid dienone is 10. The van der Waals surface area contributed by atoms with Crippen LogP contribution < -0.4 is 0 Å². The highest BCUT2D eigenvalue weighted by Crippen LogP contribution is 2.26. The standard InChI is InChI=1S/C51H88O14/c1-3-5-7-9-11-13-15-17-18-19-20-21-23-25-27-29-31-33-35-60-37-40(63-43(53)34-32-30-28-26-24-22-16-14-12-10-8-6-4-2)38-61-50-49(59)47(57)45(55)42(65-50)39-62-51-48(58)46(56)44(54)41(36-52)64-51/h5,7-8,10-11,13-14,16-18,40-42,44-52,54-59H,3-4,6,9,12,15,19-39H2,1-2H3/b7-5-,10-8-,13-11-,16-14-,18-17-. The third-order valence-electron chi connectivity index (χ3n) is 11.5. The Bertz CT molecular complexity index is 1300. The Labute approximate surface area is 390 Å². The number of rotatable bonds is 38. The van der Waals surface area contributed by atoms with Crippen LogP contribution >= 0.6 is 0 Å². The normalized spacial score (nSPS) is 27.0. The van der Waals surface area contributed by atoms with E-state index in [4.69, 9.17) is 28.4 Å². The van der Waals surface area contributed by atoms with Crippen molar-refractivity contribution in [1.29, 1.82) is 0 Å². The van der Waals surface area contributed by atoms with Crippen molar-refractivity contribution in [3.63, 3.8) is 0 Å². The molecule has 2 fully saturated rings. The lowest BCUT2D eigenvalue weighted by atomic mass is 9.98. The first kappa shape index (κ1) is 58.8. The maximum Gasteiger partial charge on any atom is 0.306 e. The summed E-state index contributed by atoms with van der Waals surface area (Å²) in [4.78, 5) is 13.0. The van der Waals surface area contributed by atoms with E-state index in [2.05, 4.69) is 74.6 Å². The van der Waals surface area contributed by atoms with Gasteiger partial charge < -0.3 is 64.2 Å². The summed E-state index contributed by atoms with van der Waals surface area (Å²) in [5.41, 5.74) is 0. The van der Waals surface area contributed by atoms with E-state index in [1.807, 2.05) is 0 Å². The second-order valence-corrected chi connectivity index (χ2v) is 17.3. The van der Waals surface area contributed by atoms with E-state index < -0.39 is 86.7 Å². The summed E-state index contributed by atoms with van der Waals surface area (Å²) in [7, 11) is 0. The molecule has 2 rings (SSSR count). The van der Waals surface area contributed by atoms with Crippen LogP contribution in [0.25, 0.3) is 0 Å². The lowest BCUT2D eigenvalue weighted by Crippen LogP contribution is -2.61. The molecular weight excluding hydrogens is 837 g/mol. The van der Waals surface area contributed by atoms with E-state index in [9.17, 15) is 40.5 Å². The quantitative estimate of drug-likeness (QED) is 0.0190. The lowest BCUT2D eigenvalue weighted by Gasteiger charge is -2.42. The van der Waals surface area contributed by atoms with Gasteiger partial charge in [-0.05, 0) is 70.6 Å². The van der Waals surface area contributed by atoms with E-state index in [0.29, 0.717) is 13.0 Å². The fourth-order valence-electron chi connectivity index (χ4n) is 7.45. The molecule has 2 aliphatic rings. The highest BCUT2D eigenvalue weighted by atomic mass is 16.7. The van der Waals surface area contributed by atoms with Crippen LogP contribution in [0.2, 0.25) is 0 Å². The van der Waals surface area contributed by atoms with Crippen molar-refractivity contribution in [1.82, 2.24) is 0 Å². The van der Waals surface area contributed by atoms with Crippen molar-refractivity contribution >= 4 is 5.97 Å². The molecule has 0 radical (unpaired) electrons. The second-order valence-electron chi connectivity index (χ2n) is 17.3. The molecule has 11 unspecified atom stereocenters. The topological polar surface area (TPSA) is 214 Å². The predicted molar refractivity (Wildman–Crippen MR) is 252 cm³/mol. The molecule has 14 heteroatoms. The van der Waals surface area contributed by atoms with E-state index in [0.717, 1.165) is 96.3 Å². The fraction of sp³-hybridized carbons (Fsp3) is 0.784. The van der Waals surface area contributed by atoms with Crippen molar-refractivity contribution in [3.05, 3.63) is 60.8 Å². The Morgan fingerprint density at radius 2 is 1.00 bits per heavy atom. The maximum atomic E-state index is 13.0. The zero-order chi connectivity index (χ0) is 47.3. The Balaban J connectivity index is 1.78. The number of esters is 1. The summed E-state index contributed by atoms with van der Waals surface area (Å²) in [5.74, 6) is -0.396. The molecule has 0 saturated carbocycles. The number of carbonyl (C=O) groups excluding carboxylic acids is 1. The zero-order valence-electron chi connectivity index (χ0n) is 39.7. The van der Waals surface area contributed by atoms with Crippen LogP contribution in [0.15, 0.2) is 60.8 Å². The molecule has 11 atom stereocenters. The Morgan fingerprint density at radius 3 is 1.57 bits per heavy atom. The van der Waals surface area contributed by atoms with Crippen LogP contribution in [0, 0.1) is 0 Å². The maximum absolute atomic E-state index is 13.0. The van der Waals surface area contributed by atoms with Crippen LogP contribution in [-0.4, -0.2) is 142 Å². The first-order valence-corrected chi connectivity index (χ1v) is 24.9. The van der Waals surface area contributed by atoms with Crippen molar-refractivity contribution in [2.45, 2.75) is 223 Å². The summed E-state index contributed by atoms with van der Waals surface area (Å²) in [6.07, 6.45) is 28.5. The summed E-state index contributed by atoms with van der Waals surface area (Å²) in [6, 6.07) is 0. The van der Waals surface area contributed by atoms with Crippen molar-refractivity contribution in [3.8, 4) is 0 Å². The van der Waals surface area contributed by atoms with Crippen LogP contribution in [-0.2, 0) is 33.2 Å². The average Bonchev–Trinajstić information content (AvgIpc) is 3.30. The van der Waals surface area contributed by atoms with Crippen LogP contribution in [0.3, 0.4) is 0 Å². The van der Waals surface area contributed by atoms with Gasteiger partial charge in [0.2, 0.25) is 0 Å². The molecule has 0 bridgehead atoms. The molecule has 7 N–H and O–H groups in total. The lowest BCUT2D eigenvalue weighted by molar-refractivity contribution is -0.332. The smallest absolute Gasteiger partial charge is 0.306 e. The monoisotopic (exact) mass is 925 g/mol. The van der Waals surface area contributed by atoms with Crippen LogP contribution in [0.4, 0.5) is 0 Å². The van der Waals surface area contributed by atoms with Gasteiger partial charge in [0.15, 0.2) is 12.6 Å². The van der Waals surface area contributed by atoms with E-state index in [-0.39, 0.29) is 19.6 Å². The third-order valence-corrected chi connectivity index (χ3v) is 11.5. The Hall–Kier alpha value is -2.31. The van der Waals surface area contributed by atoms with Gasteiger partial charge in [0.05, 0.1) is 26.4 Å². The zero-order valence-corrected chi connectivity index (χ0v) is 39.7. The van der Waals surface area contributed by atoms with Gasteiger partial charge in [0, 0.05) is 13.0 Å². The van der Waals surface area contributed by atoms with Gasteiger partial charge in [-0.3, -0.25) is 4.79 Å². The van der Waals surface area contributed by atoms with E-state index >= 15 is 0 Å². The molecule has 0 aromatic heterocycles. The molecule has 2 aliphatic heterocycles. The molecule has 2 saturated heterocycles. The number of carbonyl (C=O) groups is 1. The average molecular weight is 925 g/mol. The van der Waals surface area contributed by atoms with Gasteiger partial charge in [0.25, 0.3) is 0 Å². The fourth-order valence-corrected chi connectivity index (χ4v) is 7.45. The number of unbranched alkanes of at least 4 members (excludes halogenated alkanes) is 14. The molecule has 14 nitrogen and oxygen atoms in total. The minimum absolute atomic E-state index is 0.0479.